The number of hydrogen-bond donors (Lipinski definition) is 1. The molecule has 5 nitrogen and oxygen atoms in total. The van der Waals surface area contributed by atoms with Gasteiger partial charge < -0.3 is 9.73 Å². The van der Waals surface area contributed by atoms with Gasteiger partial charge in [0.1, 0.15) is 0 Å². The lowest BCUT2D eigenvalue weighted by molar-refractivity contribution is 0.0895. The Hall–Kier alpha value is -2.17. The molecule has 0 aliphatic carbocycles. The topological polar surface area (TPSA) is 68.0 Å². The van der Waals surface area contributed by atoms with Crippen molar-refractivity contribution in [3.63, 3.8) is 0 Å². The summed E-state index contributed by atoms with van der Waals surface area (Å²) in [5.74, 6) is 0.769. The third-order valence-corrected chi connectivity index (χ3v) is 3.11. The van der Waals surface area contributed by atoms with Crippen LogP contribution in [0.2, 0.25) is 0 Å². The first kappa shape index (κ1) is 14.2. The van der Waals surface area contributed by atoms with Gasteiger partial charge in [0, 0.05) is 19.3 Å². The van der Waals surface area contributed by atoms with E-state index in [0.717, 1.165) is 5.56 Å². The van der Waals surface area contributed by atoms with E-state index in [0.29, 0.717) is 11.6 Å². The van der Waals surface area contributed by atoms with Crippen LogP contribution in [0.1, 0.15) is 47.6 Å². The van der Waals surface area contributed by atoms with Crippen LogP contribution in [-0.4, -0.2) is 15.9 Å². The standard InChI is InChI=1S/C15H19N3O2/c1-9(2)13(12-6-5-7-16-8-12)18-15(19)14-10(3)17-11(4)20-14/h5-9,13H,1-4H3,(H,18,19). The fourth-order valence-electron chi connectivity index (χ4n) is 2.14. The normalized spacial score (nSPS) is 12.4. The van der Waals surface area contributed by atoms with Crippen molar-refractivity contribution in [2.75, 3.05) is 0 Å². The van der Waals surface area contributed by atoms with Crippen molar-refractivity contribution in [3.05, 3.63) is 47.4 Å². The molecule has 2 heterocycles. The molecule has 0 aromatic carbocycles. The molecule has 2 aromatic rings. The number of aryl methyl sites for hydroxylation is 2. The average molecular weight is 273 g/mol. The minimum absolute atomic E-state index is 0.110. The molecule has 0 saturated heterocycles. The van der Waals surface area contributed by atoms with Crippen molar-refractivity contribution in [2.45, 2.75) is 33.7 Å². The maximum atomic E-state index is 12.3. The van der Waals surface area contributed by atoms with Crippen molar-refractivity contribution in [3.8, 4) is 0 Å². The second-order valence-corrected chi connectivity index (χ2v) is 5.13. The molecule has 0 saturated carbocycles. The zero-order valence-corrected chi connectivity index (χ0v) is 12.2. The van der Waals surface area contributed by atoms with Crippen molar-refractivity contribution < 1.29 is 9.21 Å². The molecule has 0 aliphatic heterocycles. The highest BCUT2D eigenvalue weighted by Gasteiger charge is 2.23. The molecule has 0 radical (unpaired) electrons. The first-order chi connectivity index (χ1) is 9.49. The number of nitrogens with zero attached hydrogens (tertiary/aromatic N) is 2. The fraction of sp³-hybridized carbons (Fsp3) is 0.400. The number of hydrogen-bond acceptors (Lipinski definition) is 4. The quantitative estimate of drug-likeness (QED) is 0.930. The van der Waals surface area contributed by atoms with Gasteiger partial charge in [0.15, 0.2) is 5.89 Å². The SMILES string of the molecule is Cc1nc(C)c(C(=O)NC(c2cccnc2)C(C)C)o1. The van der Waals surface area contributed by atoms with E-state index in [9.17, 15) is 4.79 Å². The van der Waals surface area contributed by atoms with Crippen molar-refractivity contribution in [1.82, 2.24) is 15.3 Å². The van der Waals surface area contributed by atoms with Crippen molar-refractivity contribution in [2.24, 2.45) is 5.92 Å². The molecule has 1 atom stereocenters. The molecular formula is C15H19N3O2. The smallest absolute Gasteiger partial charge is 0.289 e. The van der Waals surface area contributed by atoms with E-state index in [1.54, 1.807) is 26.2 Å². The molecule has 5 heteroatoms. The Kier molecular flexibility index (Phi) is 4.17. The Morgan fingerprint density at radius 1 is 1.35 bits per heavy atom. The molecule has 1 unspecified atom stereocenters. The van der Waals surface area contributed by atoms with Gasteiger partial charge in [-0.05, 0) is 24.5 Å². The molecule has 0 bridgehead atoms. The van der Waals surface area contributed by atoms with Crippen LogP contribution in [-0.2, 0) is 0 Å². The Bertz CT molecular complexity index is 590. The van der Waals surface area contributed by atoms with E-state index in [4.69, 9.17) is 4.42 Å². The highest BCUT2D eigenvalue weighted by atomic mass is 16.4. The summed E-state index contributed by atoms with van der Waals surface area (Å²) in [6, 6.07) is 3.71. The number of oxazole rings is 1. The van der Waals surface area contributed by atoms with Gasteiger partial charge in [-0.2, -0.15) is 0 Å². The van der Waals surface area contributed by atoms with E-state index in [-0.39, 0.29) is 23.6 Å². The third kappa shape index (κ3) is 3.04. The number of amides is 1. The number of carbonyl (C=O) groups excluding carboxylic acids is 1. The van der Waals surface area contributed by atoms with Crippen LogP contribution in [0, 0.1) is 19.8 Å². The molecular weight excluding hydrogens is 254 g/mol. The molecule has 20 heavy (non-hydrogen) atoms. The lowest BCUT2D eigenvalue weighted by Gasteiger charge is -2.22. The Labute approximate surface area is 118 Å². The van der Waals surface area contributed by atoms with Gasteiger partial charge in [-0.3, -0.25) is 9.78 Å². The summed E-state index contributed by atoms with van der Waals surface area (Å²) in [6.07, 6.45) is 3.48. The van der Waals surface area contributed by atoms with Crippen molar-refractivity contribution >= 4 is 5.91 Å². The Morgan fingerprint density at radius 3 is 2.60 bits per heavy atom. The number of rotatable bonds is 4. The summed E-state index contributed by atoms with van der Waals surface area (Å²) >= 11 is 0. The summed E-state index contributed by atoms with van der Waals surface area (Å²) < 4.78 is 5.35. The molecule has 1 N–H and O–H groups in total. The lowest BCUT2D eigenvalue weighted by Crippen LogP contribution is -2.32. The average Bonchev–Trinajstić information content (AvgIpc) is 2.75. The van der Waals surface area contributed by atoms with Gasteiger partial charge in [-0.1, -0.05) is 19.9 Å². The minimum atomic E-state index is -0.245. The number of aromatic nitrogens is 2. The predicted octanol–water partition coefficient (Wildman–Crippen LogP) is 2.81. The van der Waals surface area contributed by atoms with E-state index < -0.39 is 0 Å². The second-order valence-electron chi connectivity index (χ2n) is 5.13. The number of carbonyl (C=O) groups is 1. The molecule has 0 spiro atoms. The first-order valence-corrected chi connectivity index (χ1v) is 6.64. The number of pyridine rings is 1. The van der Waals surface area contributed by atoms with E-state index in [1.165, 1.54) is 0 Å². The van der Waals surface area contributed by atoms with Crippen molar-refractivity contribution in [1.29, 1.82) is 0 Å². The highest BCUT2D eigenvalue weighted by molar-refractivity contribution is 5.92. The molecule has 0 aliphatic rings. The van der Waals surface area contributed by atoms with E-state index >= 15 is 0 Å². The van der Waals surface area contributed by atoms with Crippen LogP contribution < -0.4 is 5.32 Å². The monoisotopic (exact) mass is 273 g/mol. The second kappa shape index (κ2) is 5.86. The molecule has 106 valence electrons. The van der Waals surface area contributed by atoms with Crippen LogP contribution in [0.4, 0.5) is 0 Å². The van der Waals surface area contributed by atoms with Crippen LogP contribution in [0.3, 0.4) is 0 Å². The van der Waals surface area contributed by atoms with Crippen LogP contribution >= 0.6 is 0 Å². The maximum Gasteiger partial charge on any atom is 0.289 e. The molecule has 2 aromatic heterocycles. The summed E-state index contributed by atoms with van der Waals surface area (Å²) in [5.41, 5.74) is 1.58. The summed E-state index contributed by atoms with van der Waals surface area (Å²) in [5, 5.41) is 2.99. The predicted molar refractivity (Wildman–Crippen MR) is 75.3 cm³/mol. The summed E-state index contributed by atoms with van der Waals surface area (Å²) in [7, 11) is 0. The van der Waals surface area contributed by atoms with Crippen LogP contribution in [0.15, 0.2) is 28.9 Å². The van der Waals surface area contributed by atoms with Gasteiger partial charge in [0.05, 0.1) is 11.7 Å². The third-order valence-electron chi connectivity index (χ3n) is 3.11. The highest BCUT2D eigenvalue weighted by Crippen LogP contribution is 2.21. The van der Waals surface area contributed by atoms with Gasteiger partial charge >= 0.3 is 0 Å². The van der Waals surface area contributed by atoms with Crippen LogP contribution in [0.5, 0.6) is 0 Å². The molecule has 0 fully saturated rings. The van der Waals surface area contributed by atoms with Gasteiger partial charge in [-0.15, -0.1) is 0 Å². The number of nitrogens with one attached hydrogen (secondary N) is 1. The summed E-state index contributed by atoms with van der Waals surface area (Å²) in [6.45, 7) is 7.59. The lowest BCUT2D eigenvalue weighted by atomic mass is 9.97. The zero-order valence-electron chi connectivity index (χ0n) is 12.2. The zero-order chi connectivity index (χ0) is 14.7. The Balaban J connectivity index is 2.21. The largest absolute Gasteiger partial charge is 0.436 e. The van der Waals surface area contributed by atoms with Gasteiger partial charge in [-0.25, -0.2) is 4.98 Å². The van der Waals surface area contributed by atoms with Gasteiger partial charge in [0.25, 0.3) is 5.91 Å². The maximum absolute atomic E-state index is 12.3. The Morgan fingerprint density at radius 2 is 2.10 bits per heavy atom. The van der Waals surface area contributed by atoms with Gasteiger partial charge in [0.2, 0.25) is 5.76 Å². The van der Waals surface area contributed by atoms with Crippen LogP contribution in [0.25, 0.3) is 0 Å². The molecule has 1 amide bonds. The summed E-state index contributed by atoms with van der Waals surface area (Å²) in [4.78, 5) is 20.5. The minimum Gasteiger partial charge on any atom is -0.436 e. The fourth-order valence-corrected chi connectivity index (χ4v) is 2.14. The first-order valence-electron chi connectivity index (χ1n) is 6.64. The molecule has 2 rings (SSSR count). The van der Waals surface area contributed by atoms with E-state index in [1.807, 2.05) is 12.1 Å². The van der Waals surface area contributed by atoms with E-state index in [2.05, 4.69) is 29.1 Å².